The number of nitrogens with two attached hydrogens (primary N) is 1. The van der Waals surface area contributed by atoms with Gasteiger partial charge < -0.3 is 10.6 Å². The molecule has 2 aliphatic rings. The third-order valence-corrected chi connectivity index (χ3v) is 4.68. The monoisotopic (exact) mass is 277 g/mol. The smallest absolute Gasteiger partial charge is 0.253 e. The first-order valence-electron chi connectivity index (χ1n) is 7.12. The number of nitrogens with zero attached hydrogens (tertiary/aromatic N) is 2. The summed E-state index contributed by atoms with van der Waals surface area (Å²) in [6.07, 6.45) is 3.39. The van der Waals surface area contributed by atoms with Gasteiger partial charge in [0.15, 0.2) is 0 Å². The number of likely N-dealkylation sites (tertiary alicyclic amines) is 1. The molecule has 5 heteroatoms. The molecule has 2 atom stereocenters. The van der Waals surface area contributed by atoms with Gasteiger partial charge in [0.2, 0.25) is 0 Å². The number of hydrogen-bond acceptors (Lipinski definition) is 3. The van der Waals surface area contributed by atoms with Crippen LogP contribution < -0.4 is 5.73 Å². The molecule has 108 valence electrons. The zero-order valence-electron chi connectivity index (χ0n) is 11.7. The van der Waals surface area contributed by atoms with E-state index in [1.807, 2.05) is 4.90 Å². The lowest BCUT2D eigenvalue weighted by atomic mass is 10.1. The van der Waals surface area contributed by atoms with Crippen molar-refractivity contribution in [3.63, 3.8) is 0 Å². The Balaban J connectivity index is 1.78. The summed E-state index contributed by atoms with van der Waals surface area (Å²) < 4.78 is 13.2. The van der Waals surface area contributed by atoms with E-state index in [1.165, 1.54) is 24.6 Å². The van der Waals surface area contributed by atoms with E-state index in [-0.39, 0.29) is 11.6 Å². The quantitative estimate of drug-likeness (QED) is 0.795. The van der Waals surface area contributed by atoms with Crippen LogP contribution in [0, 0.1) is 5.82 Å². The third-order valence-electron chi connectivity index (χ3n) is 4.68. The predicted molar refractivity (Wildman–Crippen MR) is 75.9 cm³/mol. The van der Waals surface area contributed by atoms with Crippen LogP contribution in [0.4, 0.5) is 10.1 Å². The molecule has 2 saturated heterocycles. The summed E-state index contributed by atoms with van der Waals surface area (Å²) in [6, 6.07) is 5.25. The number of rotatable bonds is 1. The molecule has 2 heterocycles. The van der Waals surface area contributed by atoms with Gasteiger partial charge in [-0.25, -0.2) is 4.39 Å². The molecular formula is C15H20FN3O. The number of nitrogen functional groups attached to an aromatic ring is 1. The topological polar surface area (TPSA) is 49.6 Å². The Bertz CT molecular complexity index is 534. The van der Waals surface area contributed by atoms with Crippen molar-refractivity contribution in [1.82, 2.24) is 9.80 Å². The van der Waals surface area contributed by atoms with Crippen LogP contribution in [0.2, 0.25) is 0 Å². The highest BCUT2D eigenvalue weighted by molar-refractivity contribution is 5.95. The van der Waals surface area contributed by atoms with E-state index in [0.29, 0.717) is 17.6 Å². The van der Waals surface area contributed by atoms with Crippen LogP contribution in [0.1, 0.15) is 29.6 Å². The fraction of sp³-hybridized carbons (Fsp3) is 0.533. The minimum atomic E-state index is -0.476. The van der Waals surface area contributed by atoms with Crippen LogP contribution in [0.25, 0.3) is 0 Å². The van der Waals surface area contributed by atoms with E-state index >= 15 is 0 Å². The average Bonchev–Trinajstić information content (AvgIpc) is 2.66. The molecule has 0 spiro atoms. The molecule has 1 amide bonds. The number of fused-ring (bicyclic) bond motifs is 2. The summed E-state index contributed by atoms with van der Waals surface area (Å²) in [5.41, 5.74) is 6.06. The van der Waals surface area contributed by atoms with Gasteiger partial charge in [0.05, 0.1) is 5.69 Å². The first-order chi connectivity index (χ1) is 9.56. The number of carbonyl (C=O) groups is 1. The van der Waals surface area contributed by atoms with Gasteiger partial charge in [-0.1, -0.05) is 0 Å². The number of carbonyl (C=O) groups excluding carboxylic acids is 1. The highest BCUT2D eigenvalue weighted by Crippen LogP contribution is 2.29. The molecule has 2 unspecified atom stereocenters. The number of amides is 1. The SMILES string of the molecule is CN1C2CCC1CN(C(=O)c1ccc(F)c(N)c1)CC2. The Morgan fingerprint density at radius 2 is 2.05 bits per heavy atom. The summed E-state index contributed by atoms with van der Waals surface area (Å²) in [5.74, 6) is -0.520. The molecule has 2 fully saturated rings. The van der Waals surface area contributed by atoms with Crippen LogP contribution >= 0.6 is 0 Å². The zero-order chi connectivity index (χ0) is 14.3. The largest absolute Gasteiger partial charge is 0.396 e. The van der Waals surface area contributed by atoms with Gasteiger partial charge in [-0.2, -0.15) is 0 Å². The number of hydrogen-bond donors (Lipinski definition) is 1. The zero-order valence-corrected chi connectivity index (χ0v) is 11.7. The molecule has 2 N–H and O–H groups in total. The van der Waals surface area contributed by atoms with Gasteiger partial charge in [0, 0.05) is 30.7 Å². The summed E-state index contributed by atoms with van der Waals surface area (Å²) in [4.78, 5) is 16.8. The van der Waals surface area contributed by atoms with Crippen LogP contribution in [0.15, 0.2) is 18.2 Å². The van der Waals surface area contributed by atoms with Gasteiger partial charge in [-0.05, 0) is 44.5 Å². The maximum atomic E-state index is 13.2. The van der Waals surface area contributed by atoms with Crippen molar-refractivity contribution < 1.29 is 9.18 Å². The summed E-state index contributed by atoms with van der Waals surface area (Å²) in [6.45, 7) is 1.52. The van der Waals surface area contributed by atoms with Crippen molar-refractivity contribution in [2.24, 2.45) is 0 Å². The molecule has 1 aromatic carbocycles. The van der Waals surface area contributed by atoms with Crippen molar-refractivity contribution in [3.8, 4) is 0 Å². The van der Waals surface area contributed by atoms with E-state index in [2.05, 4.69) is 11.9 Å². The van der Waals surface area contributed by atoms with Gasteiger partial charge in [-0.15, -0.1) is 0 Å². The van der Waals surface area contributed by atoms with Gasteiger partial charge >= 0.3 is 0 Å². The van der Waals surface area contributed by atoms with E-state index in [4.69, 9.17) is 5.73 Å². The lowest BCUT2D eigenvalue weighted by Crippen LogP contribution is -2.39. The molecule has 0 radical (unpaired) electrons. The Labute approximate surface area is 118 Å². The Morgan fingerprint density at radius 3 is 2.80 bits per heavy atom. The Kier molecular flexibility index (Phi) is 3.38. The fourth-order valence-corrected chi connectivity index (χ4v) is 3.35. The molecule has 4 nitrogen and oxygen atoms in total. The van der Waals surface area contributed by atoms with Crippen molar-refractivity contribution in [1.29, 1.82) is 0 Å². The molecule has 3 rings (SSSR count). The second-order valence-electron chi connectivity index (χ2n) is 5.83. The highest BCUT2D eigenvalue weighted by Gasteiger charge is 2.36. The normalized spacial score (nSPS) is 26.6. The first-order valence-corrected chi connectivity index (χ1v) is 7.12. The summed E-state index contributed by atoms with van der Waals surface area (Å²) >= 11 is 0. The van der Waals surface area contributed by atoms with E-state index in [0.717, 1.165) is 25.9 Å². The number of halogens is 1. The predicted octanol–water partition coefficient (Wildman–Crippen LogP) is 1.72. The van der Waals surface area contributed by atoms with Crippen LogP contribution in [-0.2, 0) is 0 Å². The van der Waals surface area contributed by atoms with Gasteiger partial charge in [0.25, 0.3) is 5.91 Å². The molecule has 2 bridgehead atoms. The van der Waals surface area contributed by atoms with E-state index < -0.39 is 5.82 Å². The third kappa shape index (κ3) is 2.26. The van der Waals surface area contributed by atoms with Crippen LogP contribution in [-0.4, -0.2) is 47.9 Å². The summed E-state index contributed by atoms with van der Waals surface area (Å²) in [7, 11) is 2.15. The average molecular weight is 277 g/mol. The minimum absolute atomic E-state index is 0.0318. The maximum absolute atomic E-state index is 13.2. The number of likely N-dealkylation sites (N-methyl/N-ethyl adjacent to an activating group) is 1. The van der Waals surface area contributed by atoms with Crippen molar-refractivity contribution in [3.05, 3.63) is 29.6 Å². The molecule has 0 aliphatic carbocycles. The lowest BCUT2D eigenvalue weighted by molar-refractivity contribution is 0.0740. The van der Waals surface area contributed by atoms with E-state index in [9.17, 15) is 9.18 Å². The highest BCUT2D eigenvalue weighted by atomic mass is 19.1. The summed E-state index contributed by atoms with van der Waals surface area (Å²) in [5, 5.41) is 0. The number of anilines is 1. The van der Waals surface area contributed by atoms with Gasteiger partial charge in [0.1, 0.15) is 5.82 Å². The fourth-order valence-electron chi connectivity index (χ4n) is 3.35. The second-order valence-corrected chi connectivity index (χ2v) is 5.83. The maximum Gasteiger partial charge on any atom is 0.253 e. The second kappa shape index (κ2) is 5.05. The Hall–Kier alpha value is -1.62. The molecular weight excluding hydrogens is 257 g/mol. The van der Waals surface area contributed by atoms with Crippen molar-refractivity contribution >= 4 is 11.6 Å². The van der Waals surface area contributed by atoms with Crippen LogP contribution in [0.5, 0.6) is 0 Å². The molecule has 20 heavy (non-hydrogen) atoms. The first kappa shape index (κ1) is 13.4. The van der Waals surface area contributed by atoms with Crippen molar-refractivity contribution in [2.75, 3.05) is 25.9 Å². The standard InChI is InChI=1S/C15H20FN3O/c1-18-11-3-4-12(18)9-19(7-6-11)15(20)10-2-5-13(16)14(17)8-10/h2,5,8,11-12H,3-4,6-7,9,17H2,1H3. The van der Waals surface area contributed by atoms with Gasteiger partial charge in [-0.3, -0.25) is 9.69 Å². The molecule has 1 aromatic rings. The Morgan fingerprint density at radius 1 is 1.30 bits per heavy atom. The van der Waals surface area contributed by atoms with Crippen molar-refractivity contribution in [2.45, 2.75) is 31.3 Å². The lowest BCUT2D eigenvalue weighted by Gasteiger charge is -2.26. The molecule has 0 aromatic heterocycles. The van der Waals surface area contributed by atoms with E-state index in [1.54, 1.807) is 0 Å². The minimum Gasteiger partial charge on any atom is -0.396 e. The number of benzene rings is 1. The molecule has 0 saturated carbocycles. The van der Waals surface area contributed by atoms with Crippen LogP contribution in [0.3, 0.4) is 0 Å². The molecule has 2 aliphatic heterocycles.